The number of rotatable bonds is 3. The molecule has 5 N–H and O–H groups in total. The minimum Gasteiger partial charge on any atom is -0.409 e. The van der Waals surface area contributed by atoms with Crippen molar-refractivity contribution in [3.8, 4) is 0 Å². The molecule has 2 amide bonds. The van der Waals surface area contributed by atoms with Crippen LogP contribution >= 0.6 is 0 Å². The van der Waals surface area contributed by atoms with Gasteiger partial charge in [0, 0.05) is 6.54 Å². The third-order valence-corrected chi connectivity index (χ3v) is 2.61. The fourth-order valence-corrected chi connectivity index (χ4v) is 1.82. The van der Waals surface area contributed by atoms with Gasteiger partial charge in [-0.2, -0.15) is 0 Å². The summed E-state index contributed by atoms with van der Waals surface area (Å²) in [6, 6.07) is -0.562. The summed E-state index contributed by atoms with van der Waals surface area (Å²) in [6.45, 7) is 0.491. The van der Waals surface area contributed by atoms with Crippen LogP contribution in [-0.2, 0) is 9.59 Å². The van der Waals surface area contributed by atoms with Crippen molar-refractivity contribution in [1.29, 1.82) is 0 Å². The van der Waals surface area contributed by atoms with Crippen LogP contribution in [-0.4, -0.2) is 40.3 Å². The summed E-state index contributed by atoms with van der Waals surface area (Å²) in [6.07, 6.45) is 2.10. The van der Waals surface area contributed by atoms with E-state index >= 15 is 0 Å². The van der Waals surface area contributed by atoms with Gasteiger partial charge < -0.3 is 21.6 Å². The number of likely N-dealkylation sites (tertiary alicyclic amines) is 1. The lowest BCUT2D eigenvalue weighted by Crippen LogP contribution is -2.51. The number of oxime groups is 1. The molecule has 1 aliphatic heterocycles. The number of carbonyl (C=O) groups excluding carboxylic acids is 2. The average Bonchev–Trinajstić information content (AvgIpc) is 2.28. The number of piperidine rings is 1. The quantitative estimate of drug-likeness (QED) is 0.248. The zero-order valence-electron chi connectivity index (χ0n) is 8.93. The summed E-state index contributed by atoms with van der Waals surface area (Å²) in [5, 5.41) is 11.1. The maximum atomic E-state index is 11.7. The highest BCUT2D eigenvalue weighted by Gasteiger charge is 2.30. The van der Waals surface area contributed by atoms with Crippen LogP contribution in [0.25, 0.3) is 0 Å². The highest BCUT2D eigenvalue weighted by molar-refractivity contribution is 6.00. The number of primary amides is 1. The van der Waals surface area contributed by atoms with Crippen LogP contribution in [0.5, 0.6) is 0 Å². The van der Waals surface area contributed by atoms with Crippen molar-refractivity contribution in [1.82, 2.24) is 4.90 Å². The molecule has 0 radical (unpaired) electrons. The van der Waals surface area contributed by atoms with E-state index in [0.717, 1.165) is 12.8 Å². The minimum absolute atomic E-state index is 0.168. The molecular weight excluding hydrogens is 212 g/mol. The van der Waals surface area contributed by atoms with Crippen molar-refractivity contribution in [3.05, 3.63) is 0 Å². The van der Waals surface area contributed by atoms with Gasteiger partial charge in [0.15, 0.2) is 0 Å². The van der Waals surface area contributed by atoms with Gasteiger partial charge >= 0.3 is 0 Å². The Bertz CT molecular complexity index is 316. The molecule has 0 aromatic rings. The molecule has 0 aromatic carbocycles. The van der Waals surface area contributed by atoms with E-state index in [9.17, 15) is 9.59 Å². The molecule has 0 bridgehead atoms. The zero-order chi connectivity index (χ0) is 12.1. The van der Waals surface area contributed by atoms with Crippen LogP contribution in [0.15, 0.2) is 5.16 Å². The van der Waals surface area contributed by atoms with Crippen molar-refractivity contribution in [2.75, 3.05) is 6.54 Å². The van der Waals surface area contributed by atoms with Gasteiger partial charge in [-0.3, -0.25) is 9.59 Å². The Morgan fingerprint density at radius 3 is 2.62 bits per heavy atom. The van der Waals surface area contributed by atoms with Gasteiger partial charge in [-0.25, -0.2) is 0 Å². The lowest BCUT2D eigenvalue weighted by molar-refractivity contribution is -0.140. The molecule has 16 heavy (non-hydrogen) atoms. The molecule has 0 aliphatic carbocycles. The fraction of sp³-hybridized carbons (Fsp3) is 0.667. The second-order valence-corrected chi connectivity index (χ2v) is 3.77. The van der Waals surface area contributed by atoms with Crippen LogP contribution in [0, 0.1) is 0 Å². The molecule has 0 aromatic heterocycles. The topological polar surface area (TPSA) is 122 Å². The van der Waals surface area contributed by atoms with E-state index in [4.69, 9.17) is 16.7 Å². The Kier molecular flexibility index (Phi) is 4.10. The Morgan fingerprint density at radius 2 is 2.06 bits per heavy atom. The molecule has 1 rings (SSSR count). The minimum atomic E-state index is -0.562. The summed E-state index contributed by atoms with van der Waals surface area (Å²) in [5.41, 5.74) is 10.5. The van der Waals surface area contributed by atoms with Gasteiger partial charge in [0.05, 0.1) is 6.42 Å². The second-order valence-electron chi connectivity index (χ2n) is 3.77. The zero-order valence-corrected chi connectivity index (χ0v) is 8.93. The van der Waals surface area contributed by atoms with Gasteiger partial charge in [0.25, 0.3) is 0 Å². The number of nitrogens with two attached hydrogens (primary N) is 2. The van der Waals surface area contributed by atoms with Gasteiger partial charge in [-0.1, -0.05) is 5.16 Å². The summed E-state index contributed by atoms with van der Waals surface area (Å²) in [4.78, 5) is 24.3. The molecule has 1 unspecified atom stereocenters. The Labute approximate surface area is 93.1 Å². The van der Waals surface area contributed by atoms with Gasteiger partial charge in [0.1, 0.15) is 11.9 Å². The van der Waals surface area contributed by atoms with Crippen LogP contribution in [0.1, 0.15) is 25.7 Å². The molecular formula is C9H16N4O3. The first-order valence-corrected chi connectivity index (χ1v) is 5.11. The number of hydrogen-bond donors (Lipinski definition) is 3. The molecule has 1 saturated heterocycles. The van der Waals surface area contributed by atoms with E-state index in [2.05, 4.69) is 5.16 Å². The molecule has 0 saturated carbocycles. The number of hydrogen-bond acceptors (Lipinski definition) is 4. The Morgan fingerprint density at radius 1 is 1.38 bits per heavy atom. The summed E-state index contributed by atoms with van der Waals surface area (Å²) >= 11 is 0. The van der Waals surface area contributed by atoms with E-state index in [1.165, 1.54) is 4.90 Å². The maximum Gasteiger partial charge on any atom is 0.240 e. The van der Waals surface area contributed by atoms with Crippen molar-refractivity contribution >= 4 is 17.6 Å². The highest BCUT2D eigenvalue weighted by Crippen LogP contribution is 2.17. The van der Waals surface area contributed by atoms with Crippen LogP contribution in [0.4, 0.5) is 0 Å². The molecule has 7 nitrogen and oxygen atoms in total. The van der Waals surface area contributed by atoms with E-state index < -0.39 is 11.9 Å². The van der Waals surface area contributed by atoms with Gasteiger partial charge in [-0.15, -0.1) is 0 Å². The van der Waals surface area contributed by atoms with Crippen molar-refractivity contribution in [2.45, 2.75) is 31.7 Å². The first-order valence-electron chi connectivity index (χ1n) is 5.11. The summed E-state index contributed by atoms with van der Waals surface area (Å²) < 4.78 is 0. The highest BCUT2D eigenvalue weighted by atomic mass is 16.4. The molecule has 0 spiro atoms. The molecule has 1 heterocycles. The first kappa shape index (κ1) is 12.3. The normalized spacial score (nSPS) is 21.9. The van der Waals surface area contributed by atoms with Gasteiger partial charge in [-0.05, 0) is 19.3 Å². The number of nitrogens with zero attached hydrogens (tertiary/aromatic N) is 2. The Balaban J connectivity index is 2.68. The number of amides is 2. The predicted molar refractivity (Wildman–Crippen MR) is 56.6 cm³/mol. The number of carbonyl (C=O) groups is 2. The third-order valence-electron chi connectivity index (χ3n) is 2.61. The van der Waals surface area contributed by atoms with Crippen LogP contribution in [0.2, 0.25) is 0 Å². The van der Waals surface area contributed by atoms with E-state index in [-0.39, 0.29) is 18.2 Å². The van der Waals surface area contributed by atoms with Crippen molar-refractivity contribution in [3.63, 3.8) is 0 Å². The van der Waals surface area contributed by atoms with Gasteiger partial charge in [0.2, 0.25) is 11.8 Å². The van der Waals surface area contributed by atoms with E-state index in [1.54, 1.807) is 0 Å². The SMILES string of the molecule is NC(=O)C1CCCCN1C(=O)CC(N)=NO. The van der Waals surface area contributed by atoms with Crippen LogP contribution < -0.4 is 11.5 Å². The molecule has 7 heteroatoms. The molecule has 1 atom stereocenters. The second kappa shape index (κ2) is 5.34. The fourth-order valence-electron chi connectivity index (χ4n) is 1.82. The van der Waals surface area contributed by atoms with E-state index in [1.807, 2.05) is 0 Å². The smallest absolute Gasteiger partial charge is 0.240 e. The van der Waals surface area contributed by atoms with Crippen molar-refractivity contribution < 1.29 is 14.8 Å². The molecule has 90 valence electrons. The van der Waals surface area contributed by atoms with Crippen LogP contribution in [0.3, 0.4) is 0 Å². The largest absolute Gasteiger partial charge is 0.409 e. The maximum absolute atomic E-state index is 11.7. The monoisotopic (exact) mass is 228 g/mol. The molecule has 1 fully saturated rings. The predicted octanol–water partition coefficient (Wildman–Crippen LogP) is -1.01. The number of amidine groups is 1. The lowest BCUT2D eigenvalue weighted by atomic mass is 10.0. The van der Waals surface area contributed by atoms with E-state index in [0.29, 0.717) is 13.0 Å². The molecule has 1 aliphatic rings. The summed E-state index contributed by atoms with van der Waals surface area (Å²) in [7, 11) is 0. The third kappa shape index (κ3) is 2.85. The Hall–Kier alpha value is -1.79. The van der Waals surface area contributed by atoms with Crippen molar-refractivity contribution in [2.24, 2.45) is 16.6 Å². The first-order chi connectivity index (χ1) is 7.56. The standard InChI is InChI=1S/C9H16N4O3/c10-7(12-16)5-8(14)13-4-2-1-3-6(13)9(11)15/h6,16H,1-5H2,(H2,10,12)(H2,11,15). The summed E-state index contributed by atoms with van der Waals surface area (Å²) in [5.74, 6) is -1.01. The average molecular weight is 228 g/mol. The lowest BCUT2D eigenvalue weighted by Gasteiger charge is -2.33.